The second-order valence-electron chi connectivity index (χ2n) is 4.56. The van der Waals surface area contributed by atoms with Gasteiger partial charge >= 0.3 is 0 Å². The smallest absolute Gasteiger partial charge is 0.126 e. The highest BCUT2D eigenvalue weighted by Crippen LogP contribution is 2.26. The summed E-state index contributed by atoms with van der Waals surface area (Å²) in [7, 11) is 0. The maximum Gasteiger partial charge on any atom is 0.126 e. The lowest BCUT2D eigenvalue weighted by molar-refractivity contribution is 0.208. The van der Waals surface area contributed by atoms with E-state index < -0.39 is 0 Å². The molecular weight excluding hydrogens is 196 g/mol. The number of rotatable bonds is 4. The molecule has 16 heavy (non-hydrogen) atoms. The van der Waals surface area contributed by atoms with Gasteiger partial charge in [-0.2, -0.15) is 0 Å². The van der Waals surface area contributed by atoms with E-state index in [0.29, 0.717) is 0 Å². The van der Waals surface area contributed by atoms with Crippen LogP contribution in [0.1, 0.15) is 37.7 Å². The van der Waals surface area contributed by atoms with Crippen molar-refractivity contribution < 1.29 is 4.74 Å². The van der Waals surface area contributed by atoms with Gasteiger partial charge < -0.3 is 4.74 Å². The van der Waals surface area contributed by atoms with E-state index in [9.17, 15) is 0 Å². The summed E-state index contributed by atoms with van der Waals surface area (Å²) in [6.45, 7) is 4.67. The molecule has 0 amide bonds. The van der Waals surface area contributed by atoms with Crippen molar-refractivity contribution in [3.05, 3.63) is 36.4 Å². The van der Waals surface area contributed by atoms with Crippen molar-refractivity contribution in [3.63, 3.8) is 0 Å². The van der Waals surface area contributed by atoms with Crippen LogP contribution in [0.3, 0.4) is 0 Å². The van der Waals surface area contributed by atoms with E-state index in [1.165, 1.54) is 32.1 Å². The molecule has 0 bridgehead atoms. The van der Waals surface area contributed by atoms with Crippen molar-refractivity contribution in [3.8, 4) is 5.75 Å². The molecule has 0 aliphatic heterocycles. The predicted octanol–water partition coefficient (Wildman–Crippen LogP) is 4.29. The summed E-state index contributed by atoms with van der Waals surface area (Å²) >= 11 is 0. The molecule has 1 fully saturated rings. The Morgan fingerprint density at radius 3 is 2.69 bits per heavy atom. The van der Waals surface area contributed by atoms with Crippen molar-refractivity contribution in [1.29, 1.82) is 0 Å². The van der Waals surface area contributed by atoms with Gasteiger partial charge in [0.05, 0.1) is 6.61 Å². The molecule has 0 aromatic heterocycles. The zero-order valence-corrected chi connectivity index (χ0v) is 9.82. The molecule has 0 spiro atoms. The molecule has 0 atom stereocenters. The third-order valence-corrected chi connectivity index (χ3v) is 3.34. The number of para-hydroxylation sites is 1. The molecule has 1 nitrogen and oxygen atoms in total. The van der Waals surface area contributed by atoms with Crippen molar-refractivity contribution >= 4 is 6.08 Å². The first-order valence-electron chi connectivity index (χ1n) is 6.24. The minimum Gasteiger partial charge on any atom is -0.493 e. The molecule has 1 aliphatic carbocycles. The van der Waals surface area contributed by atoms with Crippen molar-refractivity contribution in [1.82, 2.24) is 0 Å². The summed E-state index contributed by atoms with van der Waals surface area (Å²) in [5.74, 6) is 1.73. The van der Waals surface area contributed by atoms with Gasteiger partial charge in [-0.3, -0.25) is 0 Å². The first-order chi connectivity index (χ1) is 7.90. The summed E-state index contributed by atoms with van der Waals surface area (Å²) in [5, 5.41) is 0. The van der Waals surface area contributed by atoms with E-state index in [1.807, 2.05) is 30.3 Å². The number of hydrogen-bond donors (Lipinski definition) is 0. The molecule has 0 radical (unpaired) electrons. The van der Waals surface area contributed by atoms with Gasteiger partial charge in [0.1, 0.15) is 5.75 Å². The quantitative estimate of drug-likeness (QED) is 0.729. The van der Waals surface area contributed by atoms with Gasteiger partial charge in [-0.1, -0.05) is 50.1 Å². The third kappa shape index (κ3) is 2.88. The van der Waals surface area contributed by atoms with Crippen LogP contribution in [0, 0.1) is 5.92 Å². The molecule has 1 heteroatoms. The monoisotopic (exact) mass is 216 g/mol. The third-order valence-electron chi connectivity index (χ3n) is 3.34. The van der Waals surface area contributed by atoms with E-state index in [-0.39, 0.29) is 0 Å². The maximum absolute atomic E-state index is 5.90. The van der Waals surface area contributed by atoms with Crippen molar-refractivity contribution in [2.45, 2.75) is 32.1 Å². The van der Waals surface area contributed by atoms with E-state index >= 15 is 0 Å². The van der Waals surface area contributed by atoms with E-state index in [0.717, 1.165) is 23.8 Å². The van der Waals surface area contributed by atoms with E-state index in [1.54, 1.807) is 0 Å². The van der Waals surface area contributed by atoms with Crippen LogP contribution in [0.25, 0.3) is 6.08 Å². The molecule has 0 saturated heterocycles. The molecule has 0 unspecified atom stereocenters. The highest BCUT2D eigenvalue weighted by atomic mass is 16.5. The lowest BCUT2D eigenvalue weighted by Gasteiger charge is -2.22. The lowest BCUT2D eigenvalue weighted by atomic mass is 9.90. The van der Waals surface area contributed by atoms with Gasteiger partial charge in [0.25, 0.3) is 0 Å². The van der Waals surface area contributed by atoms with Gasteiger partial charge in [-0.15, -0.1) is 0 Å². The van der Waals surface area contributed by atoms with E-state index in [4.69, 9.17) is 4.74 Å². The van der Waals surface area contributed by atoms with Gasteiger partial charge in [-0.05, 0) is 24.8 Å². The average Bonchev–Trinajstić information content (AvgIpc) is 2.38. The topological polar surface area (TPSA) is 9.23 Å². The van der Waals surface area contributed by atoms with Gasteiger partial charge in [0, 0.05) is 5.56 Å². The van der Waals surface area contributed by atoms with Crippen molar-refractivity contribution in [2.24, 2.45) is 5.92 Å². The molecule has 1 aromatic carbocycles. The molecule has 2 rings (SSSR count). The summed E-state index contributed by atoms with van der Waals surface area (Å²) in [5.41, 5.74) is 1.10. The minimum absolute atomic E-state index is 0.756. The summed E-state index contributed by atoms with van der Waals surface area (Å²) in [6, 6.07) is 8.11. The average molecular weight is 216 g/mol. The lowest BCUT2D eigenvalue weighted by Crippen LogP contribution is -2.15. The standard InChI is InChI=1S/C15H20O/c1-2-14-10-6-7-11-15(14)16-12-13-8-4-3-5-9-13/h2,6-7,10-11,13H,1,3-5,8-9,12H2. The fraction of sp³-hybridized carbons (Fsp3) is 0.467. The number of benzene rings is 1. The molecule has 86 valence electrons. The Balaban J connectivity index is 1.90. The van der Waals surface area contributed by atoms with Gasteiger partial charge in [0.2, 0.25) is 0 Å². The first-order valence-corrected chi connectivity index (χ1v) is 6.24. The Hall–Kier alpha value is -1.24. The van der Waals surface area contributed by atoms with Gasteiger partial charge in [0.15, 0.2) is 0 Å². The van der Waals surface area contributed by atoms with E-state index in [2.05, 4.69) is 6.58 Å². The second-order valence-corrected chi connectivity index (χ2v) is 4.56. The number of ether oxygens (including phenoxy) is 1. The fourth-order valence-electron chi connectivity index (χ4n) is 2.34. The molecule has 0 heterocycles. The highest BCUT2D eigenvalue weighted by molar-refractivity contribution is 5.55. The summed E-state index contributed by atoms with van der Waals surface area (Å²) < 4.78 is 5.90. The molecule has 1 saturated carbocycles. The zero-order valence-electron chi connectivity index (χ0n) is 9.82. The van der Waals surface area contributed by atoms with Crippen LogP contribution in [0.5, 0.6) is 5.75 Å². The number of hydrogen-bond acceptors (Lipinski definition) is 1. The zero-order chi connectivity index (χ0) is 11.2. The van der Waals surface area contributed by atoms with Crippen LogP contribution < -0.4 is 4.74 Å². The SMILES string of the molecule is C=Cc1ccccc1OCC1CCCCC1. The first kappa shape index (κ1) is 11.3. The summed E-state index contributed by atoms with van der Waals surface area (Å²) in [6.07, 6.45) is 8.66. The normalized spacial score (nSPS) is 17.0. The molecule has 1 aromatic rings. The fourth-order valence-corrected chi connectivity index (χ4v) is 2.34. The Morgan fingerprint density at radius 2 is 1.94 bits per heavy atom. The summed E-state index contributed by atoms with van der Waals surface area (Å²) in [4.78, 5) is 0. The van der Waals surface area contributed by atoms with Crippen molar-refractivity contribution in [2.75, 3.05) is 6.61 Å². The van der Waals surface area contributed by atoms with Crippen LogP contribution in [0.4, 0.5) is 0 Å². The minimum atomic E-state index is 0.756. The Bertz CT molecular complexity index is 337. The molecule has 0 N–H and O–H groups in total. The maximum atomic E-state index is 5.90. The second kappa shape index (κ2) is 5.74. The predicted molar refractivity (Wildman–Crippen MR) is 68.6 cm³/mol. The Labute approximate surface area is 98.1 Å². The van der Waals surface area contributed by atoms with Crippen LogP contribution in [0.2, 0.25) is 0 Å². The van der Waals surface area contributed by atoms with Gasteiger partial charge in [-0.25, -0.2) is 0 Å². The molecular formula is C15H20O. The molecule has 1 aliphatic rings. The largest absolute Gasteiger partial charge is 0.493 e. The van der Waals surface area contributed by atoms with Crippen LogP contribution in [-0.4, -0.2) is 6.61 Å². The van der Waals surface area contributed by atoms with Crippen LogP contribution in [0.15, 0.2) is 30.8 Å². The highest BCUT2D eigenvalue weighted by Gasteiger charge is 2.14. The van der Waals surface area contributed by atoms with Crippen LogP contribution >= 0.6 is 0 Å². The van der Waals surface area contributed by atoms with Crippen LogP contribution in [-0.2, 0) is 0 Å². The Morgan fingerprint density at radius 1 is 1.19 bits per heavy atom. The Kier molecular flexibility index (Phi) is 4.03.